The molecule has 0 bridgehead atoms. The quantitative estimate of drug-likeness (QED) is 0.447. The zero-order valence-corrected chi connectivity index (χ0v) is 14.5. The van der Waals surface area contributed by atoms with Gasteiger partial charge in [0.2, 0.25) is 0 Å². The smallest absolute Gasteiger partial charge is 0.335 e. The molecule has 0 aromatic carbocycles. The van der Waals surface area contributed by atoms with Gasteiger partial charge in [-0.25, -0.2) is 0 Å². The highest BCUT2D eigenvalue weighted by Crippen LogP contribution is 2.30. The summed E-state index contributed by atoms with van der Waals surface area (Å²) in [6.07, 6.45) is 11.2. The van der Waals surface area contributed by atoms with Gasteiger partial charge in [-0.05, 0) is 45.2 Å². The molecule has 1 aliphatic rings. The van der Waals surface area contributed by atoms with Gasteiger partial charge in [0.25, 0.3) is 0 Å². The van der Waals surface area contributed by atoms with Gasteiger partial charge < -0.3 is 8.85 Å². The van der Waals surface area contributed by atoms with Crippen molar-refractivity contribution in [2.24, 2.45) is 5.92 Å². The Morgan fingerprint density at radius 2 is 1.74 bits per heavy atom. The van der Waals surface area contributed by atoms with Crippen LogP contribution in [0.5, 0.6) is 0 Å². The first-order valence-corrected chi connectivity index (χ1v) is 11.0. The second kappa shape index (κ2) is 9.14. The van der Waals surface area contributed by atoms with Gasteiger partial charge in [0.05, 0.1) is 0 Å². The van der Waals surface area contributed by atoms with Crippen LogP contribution in [0.1, 0.15) is 72.1 Å². The molecular weight excluding hydrogens is 252 g/mol. The fraction of sp³-hybridized carbons (Fsp3) is 1.00. The van der Waals surface area contributed by atoms with Crippen molar-refractivity contribution >= 4 is 8.56 Å². The van der Waals surface area contributed by atoms with E-state index in [1.54, 1.807) is 0 Å². The summed E-state index contributed by atoms with van der Waals surface area (Å²) >= 11 is 0. The van der Waals surface area contributed by atoms with E-state index in [9.17, 15) is 0 Å². The van der Waals surface area contributed by atoms with Crippen LogP contribution in [0.15, 0.2) is 0 Å². The molecule has 0 spiro atoms. The predicted octanol–water partition coefficient (Wildman–Crippen LogP) is 5.27. The number of rotatable bonds is 8. The Morgan fingerprint density at radius 1 is 1.11 bits per heavy atom. The molecule has 1 aliphatic carbocycles. The maximum absolute atomic E-state index is 6.49. The van der Waals surface area contributed by atoms with E-state index < -0.39 is 8.56 Å². The highest BCUT2D eigenvalue weighted by Gasteiger charge is 2.34. The average Bonchev–Trinajstić information content (AvgIpc) is 2.65. The van der Waals surface area contributed by atoms with Crippen LogP contribution in [0.2, 0.25) is 12.6 Å². The topological polar surface area (TPSA) is 18.5 Å². The van der Waals surface area contributed by atoms with Crippen LogP contribution in [0.3, 0.4) is 0 Å². The van der Waals surface area contributed by atoms with Crippen LogP contribution in [-0.4, -0.2) is 21.3 Å². The lowest BCUT2D eigenvalue weighted by atomic mass is 9.95. The molecule has 0 heterocycles. The zero-order chi connectivity index (χ0) is 14.1. The van der Waals surface area contributed by atoms with Crippen molar-refractivity contribution < 1.29 is 8.85 Å². The van der Waals surface area contributed by atoms with E-state index in [-0.39, 0.29) is 0 Å². The molecule has 1 fully saturated rings. The molecular formula is C16H34O2Si. The van der Waals surface area contributed by atoms with Crippen LogP contribution in [0.4, 0.5) is 0 Å². The van der Waals surface area contributed by atoms with Gasteiger partial charge in [-0.2, -0.15) is 0 Å². The minimum Gasteiger partial charge on any atom is -0.395 e. The molecule has 1 saturated carbocycles. The normalized spacial score (nSPS) is 22.7. The Hall–Kier alpha value is 0.137. The maximum atomic E-state index is 6.49. The van der Waals surface area contributed by atoms with Crippen molar-refractivity contribution in [3.63, 3.8) is 0 Å². The van der Waals surface area contributed by atoms with Gasteiger partial charge in [0.1, 0.15) is 0 Å². The Balaban J connectivity index is 2.50. The largest absolute Gasteiger partial charge is 0.395 e. The third-order valence-corrected chi connectivity index (χ3v) is 7.46. The van der Waals surface area contributed by atoms with Crippen LogP contribution in [-0.2, 0) is 8.85 Å². The minimum atomic E-state index is -1.93. The molecule has 0 radical (unpaired) electrons. The van der Waals surface area contributed by atoms with E-state index in [0.717, 1.165) is 18.6 Å². The van der Waals surface area contributed by atoms with Gasteiger partial charge in [0.15, 0.2) is 0 Å². The van der Waals surface area contributed by atoms with E-state index >= 15 is 0 Å². The SMILES string of the molecule is CCCC[Si](C)(OCC)OC(C)C1CCCCCC1. The Kier molecular flexibility index (Phi) is 8.27. The van der Waals surface area contributed by atoms with Gasteiger partial charge in [-0.1, -0.05) is 45.4 Å². The van der Waals surface area contributed by atoms with E-state index in [0.29, 0.717) is 6.10 Å². The first kappa shape index (κ1) is 17.2. The fourth-order valence-corrected chi connectivity index (χ4v) is 6.15. The van der Waals surface area contributed by atoms with Gasteiger partial charge >= 0.3 is 8.56 Å². The van der Waals surface area contributed by atoms with Crippen LogP contribution >= 0.6 is 0 Å². The molecule has 0 aliphatic heterocycles. The molecule has 2 nitrogen and oxygen atoms in total. The number of hydrogen-bond donors (Lipinski definition) is 0. The molecule has 1 rings (SSSR count). The highest BCUT2D eigenvalue weighted by molar-refractivity contribution is 6.66. The third kappa shape index (κ3) is 6.41. The first-order chi connectivity index (χ1) is 9.11. The minimum absolute atomic E-state index is 0.387. The molecule has 2 unspecified atom stereocenters. The van der Waals surface area contributed by atoms with Crippen molar-refractivity contribution in [2.45, 2.75) is 90.8 Å². The molecule has 0 saturated heterocycles. The summed E-state index contributed by atoms with van der Waals surface area (Å²) in [5.41, 5.74) is 0. The Bertz CT molecular complexity index is 227. The molecule has 0 amide bonds. The summed E-state index contributed by atoms with van der Waals surface area (Å²) in [6, 6.07) is 1.15. The maximum Gasteiger partial charge on any atom is 0.335 e. The van der Waals surface area contributed by atoms with E-state index in [4.69, 9.17) is 8.85 Å². The summed E-state index contributed by atoms with van der Waals surface area (Å²) in [4.78, 5) is 0. The molecule has 0 N–H and O–H groups in total. The molecule has 3 heteroatoms. The predicted molar refractivity (Wildman–Crippen MR) is 84.7 cm³/mol. The molecule has 0 aromatic rings. The Labute approximate surface area is 121 Å². The second-order valence-electron chi connectivity index (χ2n) is 6.24. The zero-order valence-electron chi connectivity index (χ0n) is 13.5. The molecule has 114 valence electrons. The van der Waals surface area contributed by atoms with Crippen molar-refractivity contribution in [2.75, 3.05) is 6.61 Å². The highest BCUT2D eigenvalue weighted by atomic mass is 28.4. The number of hydrogen-bond acceptors (Lipinski definition) is 2. The summed E-state index contributed by atoms with van der Waals surface area (Å²) in [5.74, 6) is 0.761. The molecule has 2 atom stereocenters. The van der Waals surface area contributed by atoms with Crippen molar-refractivity contribution in [3.05, 3.63) is 0 Å². The summed E-state index contributed by atoms with van der Waals surface area (Å²) in [7, 11) is -1.93. The van der Waals surface area contributed by atoms with E-state index in [1.165, 1.54) is 51.4 Å². The summed E-state index contributed by atoms with van der Waals surface area (Å²) < 4.78 is 12.5. The number of unbranched alkanes of at least 4 members (excludes halogenated alkanes) is 1. The van der Waals surface area contributed by atoms with Crippen molar-refractivity contribution in [1.29, 1.82) is 0 Å². The fourth-order valence-electron chi connectivity index (χ4n) is 3.24. The molecule has 19 heavy (non-hydrogen) atoms. The van der Waals surface area contributed by atoms with Gasteiger partial charge in [-0.3, -0.25) is 0 Å². The lowest BCUT2D eigenvalue weighted by molar-refractivity contribution is 0.0824. The first-order valence-electron chi connectivity index (χ1n) is 8.43. The van der Waals surface area contributed by atoms with Crippen LogP contribution in [0, 0.1) is 5.92 Å². The van der Waals surface area contributed by atoms with Crippen molar-refractivity contribution in [1.82, 2.24) is 0 Å². The summed E-state index contributed by atoms with van der Waals surface area (Å²) in [5, 5.41) is 0. The third-order valence-electron chi connectivity index (χ3n) is 4.43. The molecule has 0 aromatic heterocycles. The lowest BCUT2D eigenvalue weighted by Crippen LogP contribution is -2.43. The van der Waals surface area contributed by atoms with Gasteiger partial charge in [0, 0.05) is 12.7 Å². The van der Waals surface area contributed by atoms with Crippen LogP contribution in [0.25, 0.3) is 0 Å². The monoisotopic (exact) mass is 286 g/mol. The van der Waals surface area contributed by atoms with E-state index in [1.807, 2.05) is 0 Å². The lowest BCUT2D eigenvalue weighted by Gasteiger charge is -2.33. The van der Waals surface area contributed by atoms with E-state index in [2.05, 4.69) is 27.3 Å². The van der Waals surface area contributed by atoms with Crippen molar-refractivity contribution in [3.8, 4) is 0 Å². The summed E-state index contributed by atoms with van der Waals surface area (Å²) in [6.45, 7) is 9.68. The Morgan fingerprint density at radius 3 is 2.26 bits per heavy atom. The average molecular weight is 287 g/mol. The second-order valence-corrected chi connectivity index (χ2v) is 9.54. The standard InChI is InChI=1S/C16H34O2Si/c1-5-7-14-19(4,17-6-2)18-15(3)16-12-10-8-9-11-13-16/h15-16H,5-14H2,1-4H3. The van der Waals surface area contributed by atoms with Crippen LogP contribution < -0.4 is 0 Å². The van der Waals surface area contributed by atoms with Gasteiger partial charge in [-0.15, -0.1) is 0 Å².